The lowest BCUT2D eigenvalue weighted by atomic mass is 10.2. The molecule has 7 nitrogen and oxygen atoms in total. The third-order valence-corrected chi connectivity index (χ3v) is 4.90. The summed E-state index contributed by atoms with van der Waals surface area (Å²) in [6.45, 7) is 4.63. The molecule has 1 saturated heterocycles. The van der Waals surface area contributed by atoms with Crippen LogP contribution in [-0.2, 0) is 9.63 Å². The molecule has 1 amide bonds. The molecule has 0 bridgehead atoms. The smallest absolute Gasteiger partial charge is 0.266 e. The molecule has 0 N–H and O–H groups in total. The summed E-state index contributed by atoms with van der Waals surface area (Å²) in [4.78, 5) is 22.2. The second-order valence-corrected chi connectivity index (χ2v) is 6.71. The maximum atomic E-state index is 12.7. The average Bonchev–Trinajstić information content (AvgIpc) is 2.78. The van der Waals surface area contributed by atoms with Crippen LogP contribution < -0.4 is 14.4 Å². The van der Waals surface area contributed by atoms with E-state index in [4.69, 9.17) is 14.3 Å². The Labute approximate surface area is 171 Å². The number of ether oxygens (including phenoxy) is 2. The molecule has 0 spiro atoms. The number of hydrogen-bond acceptors (Lipinski definition) is 6. The van der Waals surface area contributed by atoms with Gasteiger partial charge in [0.25, 0.3) is 5.91 Å². The molecule has 1 aliphatic heterocycles. The molecule has 0 aliphatic carbocycles. The number of oxime groups is 1. The van der Waals surface area contributed by atoms with Gasteiger partial charge in [-0.2, -0.15) is 0 Å². The van der Waals surface area contributed by atoms with Crippen molar-refractivity contribution < 1.29 is 19.1 Å². The second kappa shape index (κ2) is 9.82. The first-order valence-corrected chi connectivity index (χ1v) is 9.63. The third kappa shape index (κ3) is 4.99. The van der Waals surface area contributed by atoms with Gasteiger partial charge >= 0.3 is 0 Å². The number of benzene rings is 2. The van der Waals surface area contributed by atoms with E-state index in [1.165, 1.54) is 11.9 Å². The first-order valence-electron chi connectivity index (χ1n) is 9.63. The van der Waals surface area contributed by atoms with Crippen molar-refractivity contribution in [3.05, 3.63) is 54.1 Å². The molecule has 1 heterocycles. The third-order valence-electron chi connectivity index (χ3n) is 4.90. The Kier molecular flexibility index (Phi) is 6.94. The molecular formula is C22H27N3O4. The number of hydrogen-bond donors (Lipinski definition) is 0. The Bertz CT molecular complexity index is 833. The van der Waals surface area contributed by atoms with E-state index in [1.54, 1.807) is 27.2 Å². The Hall–Kier alpha value is -3.22. The molecule has 1 fully saturated rings. The Morgan fingerprint density at radius 1 is 1.00 bits per heavy atom. The number of carbonyl (C=O) groups excluding carboxylic acids is 1. The summed E-state index contributed by atoms with van der Waals surface area (Å²) in [5.74, 6) is 1.11. The number of nitrogens with zero attached hydrogens (tertiary/aromatic N) is 3. The maximum absolute atomic E-state index is 12.7. The predicted molar refractivity (Wildman–Crippen MR) is 113 cm³/mol. The van der Waals surface area contributed by atoms with Crippen LogP contribution in [0.3, 0.4) is 0 Å². The number of methoxy groups -OCH3 is 2. The van der Waals surface area contributed by atoms with Crippen molar-refractivity contribution in [3.8, 4) is 11.5 Å². The topological polar surface area (TPSA) is 63.6 Å². The van der Waals surface area contributed by atoms with Crippen LogP contribution in [-0.4, -0.2) is 63.5 Å². The lowest BCUT2D eigenvalue weighted by Crippen LogP contribution is -2.51. The van der Waals surface area contributed by atoms with Gasteiger partial charge in [0, 0.05) is 37.4 Å². The molecule has 2 aromatic rings. The molecule has 7 heteroatoms. The van der Waals surface area contributed by atoms with Gasteiger partial charge in [-0.1, -0.05) is 29.4 Å². The summed E-state index contributed by atoms with van der Waals surface area (Å²) in [5.41, 5.74) is 1.89. The first-order chi connectivity index (χ1) is 14.1. The minimum absolute atomic E-state index is 0.0625. The van der Waals surface area contributed by atoms with Crippen LogP contribution in [0.15, 0.2) is 53.7 Å². The van der Waals surface area contributed by atoms with Crippen molar-refractivity contribution >= 4 is 17.8 Å². The number of anilines is 1. The Morgan fingerprint density at radius 2 is 1.72 bits per heavy atom. The predicted octanol–water partition coefficient (Wildman–Crippen LogP) is 2.79. The highest BCUT2D eigenvalue weighted by Gasteiger charge is 2.26. The van der Waals surface area contributed by atoms with Crippen molar-refractivity contribution in [2.75, 3.05) is 45.3 Å². The highest BCUT2D eigenvalue weighted by molar-refractivity contribution is 5.85. The van der Waals surface area contributed by atoms with E-state index < -0.39 is 6.10 Å². The highest BCUT2D eigenvalue weighted by atomic mass is 16.6. The zero-order chi connectivity index (χ0) is 20.6. The molecule has 2 aromatic carbocycles. The fraction of sp³-hybridized carbons (Fsp3) is 0.364. The van der Waals surface area contributed by atoms with E-state index in [0.29, 0.717) is 30.2 Å². The van der Waals surface area contributed by atoms with Gasteiger partial charge < -0.3 is 24.1 Å². The van der Waals surface area contributed by atoms with E-state index in [9.17, 15) is 4.79 Å². The van der Waals surface area contributed by atoms with Gasteiger partial charge in [0.2, 0.25) is 6.10 Å². The summed E-state index contributed by atoms with van der Waals surface area (Å²) in [6.07, 6.45) is 0.865. The molecule has 29 heavy (non-hydrogen) atoms. The van der Waals surface area contributed by atoms with Crippen LogP contribution in [0.2, 0.25) is 0 Å². The van der Waals surface area contributed by atoms with Crippen molar-refractivity contribution in [2.24, 2.45) is 5.16 Å². The van der Waals surface area contributed by atoms with Gasteiger partial charge in [-0.25, -0.2) is 0 Å². The molecular weight excluding hydrogens is 370 g/mol. The zero-order valence-electron chi connectivity index (χ0n) is 17.1. The summed E-state index contributed by atoms with van der Waals surface area (Å²) >= 11 is 0. The monoisotopic (exact) mass is 397 g/mol. The molecule has 0 radical (unpaired) electrons. The fourth-order valence-electron chi connectivity index (χ4n) is 3.32. The van der Waals surface area contributed by atoms with E-state index in [2.05, 4.69) is 22.2 Å². The Balaban J connectivity index is 1.53. The van der Waals surface area contributed by atoms with E-state index in [-0.39, 0.29) is 5.91 Å². The molecule has 0 aromatic heterocycles. The number of piperazine rings is 1. The minimum atomic E-state index is -0.661. The molecule has 3 rings (SSSR count). The second-order valence-electron chi connectivity index (χ2n) is 6.71. The fourth-order valence-corrected chi connectivity index (χ4v) is 3.32. The number of carbonyl (C=O) groups is 1. The van der Waals surface area contributed by atoms with E-state index in [0.717, 1.165) is 13.1 Å². The first kappa shape index (κ1) is 20.5. The summed E-state index contributed by atoms with van der Waals surface area (Å²) < 4.78 is 10.6. The van der Waals surface area contributed by atoms with Gasteiger partial charge in [0.1, 0.15) is 0 Å². The molecule has 1 aliphatic rings. The van der Waals surface area contributed by atoms with Gasteiger partial charge in [0.05, 0.1) is 20.4 Å². The lowest BCUT2D eigenvalue weighted by molar-refractivity contribution is -0.142. The molecule has 0 saturated carbocycles. The van der Waals surface area contributed by atoms with Crippen LogP contribution >= 0.6 is 0 Å². The van der Waals surface area contributed by atoms with Crippen molar-refractivity contribution in [3.63, 3.8) is 0 Å². The lowest BCUT2D eigenvalue weighted by Gasteiger charge is -2.36. The minimum Gasteiger partial charge on any atom is -0.493 e. The zero-order valence-corrected chi connectivity index (χ0v) is 17.1. The van der Waals surface area contributed by atoms with Crippen molar-refractivity contribution in [1.29, 1.82) is 0 Å². The van der Waals surface area contributed by atoms with Crippen molar-refractivity contribution in [2.45, 2.75) is 13.0 Å². The summed E-state index contributed by atoms with van der Waals surface area (Å²) in [5, 5.41) is 3.99. The van der Waals surface area contributed by atoms with Crippen LogP contribution in [0.4, 0.5) is 5.69 Å². The molecule has 154 valence electrons. The number of rotatable bonds is 7. The normalized spacial score (nSPS) is 15.3. The SMILES string of the molecule is COc1cccc(/C=N/OC(C)C(=O)N2CCN(c3ccccc3)CC2)c1OC. The van der Waals surface area contributed by atoms with E-state index >= 15 is 0 Å². The van der Waals surface area contributed by atoms with Gasteiger partial charge in [-0.15, -0.1) is 0 Å². The average molecular weight is 397 g/mol. The van der Waals surface area contributed by atoms with E-state index in [1.807, 2.05) is 35.2 Å². The Morgan fingerprint density at radius 3 is 2.38 bits per heavy atom. The standard InChI is InChI=1S/C22H27N3O4/c1-17(29-23-16-18-8-7-11-20(27-2)21(18)28-3)22(26)25-14-12-24(13-15-25)19-9-5-4-6-10-19/h4-11,16-17H,12-15H2,1-3H3/b23-16+. The van der Waals surface area contributed by atoms with Crippen LogP contribution in [0, 0.1) is 0 Å². The quantitative estimate of drug-likeness (QED) is 0.531. The largest absolute Gasteiger partial charge is 0.493 e. The van der Waals surface area contributed by atoms with Crippen molar-refractivity contribution in [1.82, 2.24) is 4.90 Å². The number of amides is 1. The van der Waals surface area contributed by atoms with Crippen LogP contribution in [0.1, 0.15) is 12.5 Å². The highest BCUT2D eigenvalue weighted by Crippen LogP contribution is 2.29. The number of para-hydroxylation sites is 2. The maximum Gasteiger partial charge on any atom is 0.266 e. The summed E-state index contributed by atoms with van der Waals surface area (Å²) in [6, 6.07) is 15.7. The van der Waals surface area contributed by atoms with Crippen LogP contribution in [0.25, 0.3) is 0 Å². The molecule has 1 unspecified atom stereocenters. The van der Waals surface area contributed by atoms with Gasteiger partial charge in [-0.05, 0) is 31.2 Å². The summed E-state index contributed by atoms with van der Waals surface area (Å²) in [7, 11) is 3.14. The van der Waals surface area contributed by atoms with Crippen LogP contribution in [0.5, 0.6) is 11.5 Å². The van der Waals surface area contributed by atoms with Gasteiger partial charge in [-0.3, -0.25) is 4.79 Å². The van der Waals surface area contributed by atoms with Gasteiger partial charge in [0.15, 0.2) is 11.5 Å². The molecule has 1 atom stereocenters.